The van der Waals surface area contributed by atoms with Crippen molar-refractivity contribution in [1.82, 2.24) is 19.8 Å². The monoisotopic (exact) mass is 278 g/mol. The van der Waals surface area contributed by atoms with E-state index in [0.717, 1.165) is 32.5 Å². The molecule has 0 saturated carbocycles. The summed E-state index contributed by atoms with van der Waals surface area (Å²) in [5.41, 5.74) is 2.86. The molecule has 0 spiro atoms. The van der Waals surface area contributed by atoms with Gasteiger partial charge in [-0.05, 0) is 33.9 Å². The number of fused-ring (bicyclic) bond motifs is 1. The number of aromatic nitrogens is 2. The highest BCUT2D eigenvalue weighted by Gasteiger charge is 2.27. The van der Waals surface area contributed by atoms with Crippen LogP contribution in [-0.4, -0.2) is 40.6 Å². The third-order valence-corrected chi connectivity index (χ3v) is 4.41. The highest BCUT2D eigenvalue weighted by atomic mass is 15.2. The topological polar surface area (TPSA) is 33.1 Å². The maximum Gasteiger partial charge on any atom is 0.109 e. The van der Waals surface area contributed by atoms with Crippen LogP contribution in [0, 0.1) is 5.92 Å². The van der Waals surface area contributed by atoms with Crippen molar-refractivity contribution in [2.75, 3.05) is 20.6 Å². The van der Waals surface area contributed by atoms with Crippen molar-refractivity contribution in [3.05, 3.63) is 17.2 Å². The van der Waals surface area contributed by atoms with Crippen LogP contribution in [0.25, 0.3) is 0 Å². The van der Waals surface area contributed by atoms with E-state index in [4.69, 9.17) is 4.98 Å². The highest BCUT2D eigenvalue weighted by molar-refractivity contribution is 5.21. The molecule has 0 unspecified atom stereocenters. The average Bonchev–Trinajstić information content (AvgIpc) is 2.66. The van der Waals surface area contributed by atoms with Gasteiger partial charge in [0, 0.05) is 43.7 Å². The van der Waals surface area contributed by atoms with E-state index >= 15 is 0 Å². The molecular formula is C16H30N4. The van der Waals surface area contributed by atoms with Crippen molar-refractivity contribution in [2.45, 2.75) is 59.2 Å². The Morgan fingerprint density at radius 1 is 1.35 bits per heavy atom. The molecule has 0 aliphatic carbocycles. The van der Waals surface area contributed by atoms with Crippen molar-refractivity contribution >= 4 is 0 Å². The van der Waals surface area contributed by atoms with Gasteiger partial charge in [-0.2, -0.15) is 0 Å². The first-order valence-electron chi connectivity index (χ1n) is 7.76. The van der Waals surface area contributed by atoms with E-state index in [1.165, 1.54) is 17.2 Å². The second-order valence-electron chi connectivity index (χ2n) is 7.24. The lowest BCUT2D eigenvalue weighted by molar-refractivity contribution is 0.166. The highest BCUT2D eigenvalue weighted by Crippen LogP contribution is 2.23. The van der Waals surface area contributed by atoms with Crippen LogP contribution in [0.2, 0.25) is 0 Å². The van der Waals surface area contributed by atoms with Gasteiger partial charge in [0.25, 0.3) is 0 Å². The smallest absolute Gasteiger partial charge is 0.109 e. The number of nitrogens with one attached hydrogen (secondary N) is 1. The zero-order chi connectivity index (χ0) is 14.9. The first-order valence-corrected chi connectivity index (χ1v) is 7.76. The van der Waals surface area contributed by atoms with Crippen molar-refractivity contribution in [1.29, 1.82) is 0 Å². The first kappa shape index (κ1) is 15.5. The largest absolute Gasteiger partial charge is 0.330 e. The Labute approximate surface area is 123 Å². The molecule has 0 bridgehead atoms. The van der Waals surface area contributed by atoms with Gasteiger partial charge in [0.05, 0.1) is 5.69 Å². The van der Waals surface area contributed by atoms with Crippen molar-refractivity contribution in [3.8, 4) is 0 Å². The third kappa shape index (κ3) is 3.23. The molecule has 1 aromatic heterocycles. The minimum absolute atomic E-state index is 0.144. The Bertz CT molecular complexity index is 457. The van der Waals surface area contributed by atoms with Crippen LogP contribution >= 0.6 is 0 Å². The fourth-order valence-corrected chi connectivity index (χ4v) is 2.66. The van der Waals surface area contributed by atoms with Gasteiger partial charge in [-0.25, -0.2) is 4.98 Å². The zero-order valence-corrected chi connectivity index (χ0v) is 14.0. The lowest BCUT2D eigenvalue weighted by Crippen LogP contribution is -2.43. The second-order valence-corrected chi connectivity index (χ2v) is 7.24. The first-order chi connectivity index (χ1) is 9.31. The van der Waals surface area contributed by atoms with Crippen LogP contribution in [0.5, 0.6) is 0 Å². The Morgan fingerprint density at radius 2 is 2.05 bits per heavy atom. The summed E-state index contributed by atoms with van der Waals surface area (Å²) >= 11 is 0. The Balaban J connectivity index is 2.35. The molecule has 0 amide bonds. The SMILES string of the molecule is CC(C)Cc1nc2c(n1CC(C)(C)N(C)C)CCNC2. The quantitative estimate of drug-likeness (QED) is 0.895. The molecule has 20 heavy (non-hydrogen) atoms. The van der Waals surface area contributed by atoms with E-state index in [0.29, 0.717) is 5.92 Å². The molecule has 4 nitrogen and oxygen atoms in total. The maximum atomic E-state index is 4.92. The van der Waals surface area contributed by atoms with Crippen LogP contribution in [0.4, 0.5) is 0 Å². The number of hydrogen-bond donors (Lipinski definition) is 1. The lowest BCUT2D eigenvalue weighted by Gasteiger charge is -2.34. The molecule has 0 fully saturated rings. The average molecular weight is 278 g/mol. The number of nitrogens with zero attached hydrogens (tertiary/aromatic N) is 3. The predicted octanol–water partition coefficient (Wildman–Crippen LogP) is 2.07. The zero-order valence-electron chi connectivity index (χ0n) is 14.0. The molecule has 2 heterocycles. The summed E-state index contributed by atoms with van der Waals surface area (Å²) in [5.74, 6) is 1.91. The van der Waals surface area contributed by atoms with Crippen LogP contribution in [0.15, 0.2) is 0 Å². The molecule has 1 aliphatic rings. The van der Waals surface area contributed by atoms with Gasteiger partial charge in [0.2, 0.25) is 0 Å². The van der Waals surface area contributed by atoms with Gasteiger partial charge >= 0.3 is 0 Å². The summed E-state index contributed by atoms with van der Waals surface area (Å²) in [7, 11) is 4.32. The molecule has 4 heteroatoms. The Morgan fingerprint density at radius 3 is 2.65 bits per heavy atom. The summed E-state index contributed by atoms with van der Waals surface area (Å²) < 4.78 is 2.50. The van der Waals surface area contributed by atoms with Gasteiger partial charge in [-0.1, -0.05) is 13.8 Å². The number of likely N-dealkylation sites (N-methyl/N-ethyl adjacent to an activating group) is 1. The van der Waals surface area contributed by atoms with Crippen molar-refractivity contribution in [3.63, 3.8) is 0 Å². The fourth-order valence-electron chi connectivity index (χ4n) is 2.66. The van der Waals surface area contributed by atoms with E-state index in [1.54, 1.807) is 0 Å². The molecular weight excluding hydrogens is 248 g/mol. The van der Waals surface area contributed by atoms with Gasteiger partial charge in [-0.15, -0.1) is 0 Å². The van der Waals surface area contributed by atoms with Crippen molar-refractivity contribution < 1.29 is 0 Å². The molecule has 2 rings (SSSR count). The maximum absolute atomic E-state index is 4.92. The summed E-state index contributed by atoms with van der Waals surface area (Å²) in [6, 6.07) is 0. The third-order valence-electron chi connectivity index (χ3n) is 4.41. The minimum Gasteiger partial charge on any atom is -0.330 e. The van der Waals surface area contributed by atoms with Crippen LogP contribution in [0.3, 0.4) is 0 Å². The van der Waals surface area contributed by atoms with Crippen LogP contribution < -0.4 is 5.32 Å². The summed E-state index contributed by atoms with van der Waals surface area (Å²) in [4.78, 5) is 7.22. The number of hydrogen-bond acceptors (Lipinski definition) is 3. The van der Waals surface area contributed by atoms with E-state index < -0.39 is 0 Å². The van der Waals surface area contributed by atoms with E-state index in [-0.39, 0.29) is 5.54 Å². The number of imidazole rings is 1. The standard InChI is InChI=1S/C16H30N4/c1-12(2)9-15-18-13-10-17-8-7-14(13)20(15)11-16(3,4)19(5)6/h12,17H,7-11H2,1-6H3. The molecule has 0 atom stereocenters. The molecule has 1 aliphatic heterocycles. The predicted molar refractivity (Wildman–Crippen MR) is 83.9 cm³/mol. The van der Waals surface area contributed by atoms with Gasteiger partial charge < -0.3 is 14.8 Å². The number of rotatable bonds is 5. The molecule has 0 saturated heterocycles. The summed E-state index contributed by atoms with van der Waals surface area (Å²) in [6.45, 7) is 12.2. The minimum atomic E-state index is 0.144. The molecule has 0 aromatic carbocycles. The van der Waals surface area contributed by atoms with E-state index in [2.05, 4.69) is 56.6 Å². The van der Waals surface area contributed by atoms with Crippen molar-refractivity contribution in [2.24, 2.45) is 5.92 Å². The fraction of sp³-hybridized carbons (Fsp3) is 0.812. The second kappa shape index (κ2) is 5.86. The molecule has 0 radical (unpaired) electrons. The normalized spacial score (nSPS) is 16.0. The molecule has 114 valence electrons. The van der Waals surface area contributed by atoms with E-state index in [9.17, 15) is 0 Å². The van der Waals surface area contributed by atoms with E-state index in [1.807, 2.05) is 0 Å². The van der Waals surface area contributed by atoms with Crippen LogP contribution in [-0.2, 0) is 25.9 Å². The lowest BCUT2D eigenvalue weighted by atomic mass is 10.0. The molecule has 1 aromatic rings. The van der Waals surface area contributed by atoms with Gasteiger partial charge in [0.1, 0.15) is 5.82 Å². The molecule has 1 N–H and O–H groups in total. The van der Waals surface area contributed by atoms with Gasteiger partial charge in [0.15, 0.2) is 0 Å². The Kier molecular flexibility index (Phi) is 4.55. The summed E-state index contributed by atoms with van der Waals surface area (Å²) in [5, 5.41) is 3.43. The van der Waals surface area contributed by atoms with Crippen LogP contribution in [0.1, 0.15) is 44.9 Å². The van der Waals surface area contributed by atoms with Gasteiger partial charge in [-0.3, -0.25) is 0 Å². The Hall–Kier alpha value is -0.870. The summed E-state index contributed by atoms with van der Waals surface area (Å²) in [6.07, 6.45) is 2.17.